The first-order valence-corrected chi connectivity index (χ1v) is 10.2. The topological polar surface area (TPSA) is 58.1 Å². The van der Waals surface area contributed by atoms with Crippen LogP contribution in [0.25, 0.3) is 11.0 Å². The van der Waals surface area contributed by atoms with Crippen LogP contribution in [0.5, 0.6) is 0 Å². The standard InChI is InChI=1S/C20H21N3O2S/c24-19(18-15(9-12-26-18)13-5-6-13)22-10-7-14(8-11-22)23-17-4-2-1-3-16(17)21-20(23)25/h1-4,9,12-14H,5-8,10-11H2,(H,21,25). The lowest BCUT2D eigenvalue weighted by Gasteiger charge is -2.32. The molecule has 1 saturated heterocycles. The third kappa shape index (κ3) is 2.60. The highest BCUT2D eigenvalue weighted by Gasteiger charge is 2.32. The molecule has 2 aliphatic rings. The summed E-state index contributed by atoms with van der Waals surface area (Å²) < 4.78 is 1.87. The molecule has 1 aliphatic heterocycles. The van der Waals surface area contributed by atoms with Gasteiger partial charge < -0.3 is 9.88 Å². The van der Waals surface area contributed by atoms with Crippen molar-refractivity contribution in [1.82, 2.24) is 14.5 Å². The Balaban J connectivity index is 1.34. The first-order chi connectivity index (χ1) is 12.7. The molecule has 0 bridgehead atoms. The fourth-order valence-electron chi connectivity index (χ4n) is 4.12. The van der Waals surface area contributed by atoms with Gasteiger partial charge in [-0.05, 0) is 60.7 Å². The minimum Gasteiger partial charge on any atom is -0.338 e. The lowest BCUT2D eigenvalue weighted by molar-refractivity contribution is 0.0699. The van der Waals surface area contributed by atoms with E-state index < -0.39 is 0 Å². The number of carbonyl (C=O) groups excluding carboxylic acids is 1. The van der Waals surface area contributed by atoms with Crippen LogP contribution >= 0.6 is 11.3 Å². The van der Waals surface area contributed by atoms with Crippen molar-refractivity contribution in [2.75, 3.05) is 13.1 Å². The predicted molar refractivity (Wildman–Crippen MR) is 103 cm³/mol. The van der Waals surface area contributed by atoms with Gasteiger partial charge in [-0.1, -0.05) is 12.1 Å². The number of likely N-dealkylation sites (tertiary alicyclic amines) is 1. The second-order valence-electron chi connectivity index (χ2n) is 7.32. The number of aromatic amines is 1. The number of amides is 1. The molecule has 1 N–H and O–H groups in total. The average Bonchev–Trinajstić information content (AvgIpc) is 3.29. The molecule has 0 spiro atoms. The van der Waals surface area contributed by atoms with Crippen molar-refractivity contribution in [3.63, 3.8) is 0 Å². The van der Waals surface area contributed by atoms with Crippen LogP contribution in [0.2, 0.25) is 0 Å². The average molecular weight is 367 g/mol. The number of fused-ring (bicyclic) bond motifs is 1. The van der Waals surface area contributed by atoms with Gasteiger partial charge in [-0.25, -0.2) is 4.79 Å². The number of thiophene rings is 1. The van der Waals surface area contributed by atoms with Gasteiger partial charge in [0, 0.05) is 19.1 Å². The zero-order chi connectivity index (χ0) is 17.7. The van der Waals surface area contributed by atoms with Gasteiger partial charge in [0.15, 0.2) is 0 Å². The SMILES string of the molecule is O=C(c1sccc1C1CC1)N1CCC(n2c(=O)[nH]c3ccccc32)CC1. The van der Waals surface area contributed by atoms with Crippen LogP contribution in [0.4, 0.5) is 0 Å². The summed E-state index contributed by atoms with van der Waals surface area (Å²) in [6.45, 7) is 1.41. The number of imidazole rings is 1. The molecular formula is C20H21N3O2S. The van der Waals surface area contributed by atoms with Gasteiger partial charge in [0.1, 0.15) is 0 Å². The Morgan fingerprint density at radius 3 is 2.62 bits per heavy atom. The Labute approximate surface area is 155 Å². The van der Waals surface area contributed by atoms with Gasteiger partial charge in [-0.3, -0.25) is 9.36 Å². The number of para-hydroxylation sites is 2. The molecule has 6 heteroatoms. The molecule has 0 unspecified atom stereocenters. The maximum Gasteiger partial charge on any atom is 0.326 e. The molecule has 0 atom stereocenters. The Morgan fingerprint density at radius 2 is 1.85 bits per heavy atom. The summed E-state index contributed by atoms with van der Waals surface area (Å²) in [7, 11) is 0. The number of aromatic nitrogens is 2. The van der Waals surface area contributed by atoms with Gasteiger partial charge in [0.25, 0.3) is 5.91 Å². The molecule has 0 radical (unpaired) electrons. The zero-order valence-electron chi connectivity index (χ0n) is 14.5. The predicted octanol–water partition coefficient (Wildman–Crippen LogP) is 3.75. The van der Waals surface area contributed by atoms with Crippen LogP contribution in [0.3, 0.4) is 0 Å². The minimum atomic E-state index is -0.0507. The summed E-state index contributed by atoms with van der Waals surface area (Å²) in [5.41, 5.74) is 3.03. The van der Waals surface area contributed by atoms with Crippen molar-refractivity contribution in [2.45, 2.75) is 37.6 Å². The zero-order valence-corrected chi connectivity index (χ0v) is 15.3. The van der Waals surface area contributed by atoms with E-state index in [0.29, 0.717) is 19.0 Å². The first-order valence-electron chi connectivity index (χ1n) is 9.28. The van der Waals surface area contributed by atoms with Gasteiger partial charge in [0.2, 0.25) is 0 Å². The van der Waals surface area contributed by atoms with E-state index in [2.05, 4.69) is 11.1 Å². The summed E-state index contributed by atoms with van der Waals surface area (Å²) >= 11 is 1.57. The third-order valence-electron chi connectivity index (χ3n) is 5.65. The van der Waals surface area contributed by atoms with E-state index in [-0.39, 0.29) is 17.6 Å². The maximum absolute atomic E-state index is 12.9. The van der Waals surface area contributed by atoms with E-state index >= 15 is 0 Å². The number of nitrogens with one attached hydrogen (secondary N) is 1. The minimum absolute atomic E-state index is 0.0507. The lowest BCUT2D eigenvalue weighted by Crippen LogP contribution is -2.40. The molecule has 3 heterocycles. The number of hydrogen-bond donors (Lipinski definition) is 1. The van der Waals surface area contributed by atoms with E-state index in [4.69, 9.17) is 0 Å². The molecule has 2 aromatic heterocycles. The van der Waals surface area contributed by atoms with Crippen molar-refractivity contribution >= 4 is 28.3 Å². The molecule has 1 amide bonds. The molecule has 26 heavy (non-hydrogen) atoms. The normalized spacial score (nSPS) is 18.5. The summed E-state index contributed by atoms with van der Waals surface area (Å²) in [6.07, 6.45) is 4.06. The molecule has 1 saturated carbocycles. The van der Waals surface area contributed by atoms with Gasteiger partial charge in [-0.2, -0.15) is 0 Å². The molecule has 5 nitrogen and oxygen atoms in total. The first kappa shape index (κ1) is 15.9. The highest BCUT2D eigenvalue weighted by atomic mass is 32.1. The molecule has 134 valence electrons. The quantitative estimate of drug-likeness (QED) is 0.766. The molecule has 1 aliphatic carbocycles. The monoisotopic (exact) mass is 367 g/mol. The molecular weight excluding hydrogens is 346 g/mol. The number of rotatable bonds is 3. The molecule has 1 aromatic carbocycles. The second-order valence-corrected chi connectivity index (χ2v) is 8.24. The fourth-order valence-corrected chi connectivity index (χ4v) is 5.07. The van der Waals surface area contributed by atoms with Crippen molar-refractivity contribution in [3.05, 3.63) is 56.6 Å². The summed E-state index contributed by atoms with van der Waals surface area (Å²) in [4.78, 5) is 31.2. The van der Waals surface area contributed by atoms with E-state index in [1.165, 1.54) is 18.4 Å². The molecule has 2 fully saturated rings. The number of benzene rings is 1. The largest absolute Gasteiger partial charge is 0.338 e. The van der Waals surface area contributed by atoms with E-state index in [9.17, 15) is 9.59 Å². The number of H-pyrrole nitrogens is 1. The van der Waals surface area contributed by atoms with Gasteiger partial charge in [0.05, 0.1) is 15.9 Å². The van der Waals surface area contributed by atoms with Crippen LogP contribution in [0.15, 0.2) is 40.5 Å². The molecule has 5 rings (SSSR count). The Hall–Kier alpha value is -2.34. The summed E-state index contributed by atoms with van der Waals surface area (Å²) in [5.74, 6) is 0.772. The van der Waals surface area contributed by atoms with Crippen molar-refractivity contribution < 1.29 is 4.79 Å². The Bertz CT molecular complexity index is 1020. The molecule has 3 aromatic rings. The number of hydrogen-bond acceptors (Lipinski definition) is 3. The van der Waals surface area contributed by atoms with Crippen LogP contribution in [-0.2, 0) is 0 Å². The van der Waals surface area contributed by atoms with Crippen molar-refractivity contribution in [3.8, 4) is 0 Å². The Morgan fingerprint density at radius 1 is 1.08 bits per heavy atom. The third-order valence-corrected chi connectivity index (χ3v) is 6.57. The van der Waals surface area contributed by atoms with Gasteiger partial charge in [-0.15, -0.1) is 11.3 Å². The van der Waals surface area contributed by atoms with E-state index in [1.807, 2.05) is 39.1 Å². The number of nitrogens with zero attached hydrogens (tertiary/aromatic N) is 2. The van der Waals surface area contributed by atoms with E-state index in [1.54, 1.807) is 11.3 Å². The number of piperidine rings is 1. The van der Waals surface area contributed by atoms with E-state index in [0.717, 1.165) is 28.8 Å². The van der Waals surface area contributed by atoms with Crippen LogP contribution in [-0.4, -0.2) is 33.4 Å². The van der Waals surface area contributed by atoms with Crippen LogP contribution in [0.1, 0.15) is 52.9 Å². The van der Waals surface area contributed by atoms with Crippen LogP contribution in [0, 0.1) is 0 Å². The second kappa shape index (κ2) is 6.13. The summed E-state index contributed by atoms with van der Waals surface area (Å²) in [5, 5.41) is 2.04. The fraction of sp³-hybridized carbons (Fsp3) is 0.400. The highest BCUT2D eigenvalue weighted by molar-refractivity contribution is 7.12. The Kier molecular flexibility index (Phi) is 3.74. The smallest absolute Gasteiger partial charge is 0.326 e. The lowest BCUT2D eigenvalue weighted by atomic mass is 10.0. The number of carbonyl (C=O) groups is 1. The highest BCUT2D eigenvalue weighted by Crippen LogP contribution is 2.43. The van der Waals surface area contributed by atoms with Crippen molar-refractivity contribution in [2.24, 2.45) is 0 Å². The van der Waals surface area contributed by atoms with Crippen molar-refractivity contribution in [1.29, 1.82) is 0 Å². The summed E-state index contributed by atoms with van der Waals surface area (Å²) in [6, 6.07) is 10.1. The maximum atomic E-state index is 12.9. The van der Waals surface area contributed by atoms with Gasteiger partial charge >= 0.3 is 5.69 Å². The van der Waals surface area contributed by atoms with Crippen LogP contribution < -0.4 is 5.69 Å².